The van der Waals surface area contributed by atoms with Crippen LogP contribution in [0.4, 0.5) is 5.82 Å². The number of benzene rings is 1. The molecule has 0 aliphatic carbocycles. The molecule has 0 aliphatic heterocycles. The van der Waals surface area contributed by atoms with Gasteiger partial charge >= 0.3 is 0 Å². The first-order valence-corrected chi connectivity index (χ1v) is 8.29. The van der Waals surface area contributed by atoms with Crippen LogP contribution in [0.1, 0.15) is 21.6 Å². The van der Waals surface area contributed by atoms with Crippen molar-refractivity contribution < 1.29 is 4.79 Å². The number of hydrogen-bond acceptors (Lipinski definition) is 5. The van der Waals surface area contributed by atoms with Crippen molar-refractivity contribution in [1.29, 1.82) is 0 Å². The van der Waals surface area contributed by atoms with Crippen LogP contribution >= 0.6 is 0 Å². The number of aryl methyl sites for hydroxylation is 3. The molecule has 1 aromatic carbocycles. The van der Waals surface area contributed by atoms with Crippen LogP contribution in [0.15, 0.2) is 41.3 Å². The lowest BCUT2D eigenvalue weighted by Gasteiger charge is -2.08. The minimum atomic E-state index is -0.327. The molecule has 0 saturated carbocycles. The van der Waals surface area contributed by atoms with E-state index in [1.54, 1.807) is 32.2 Å². The lowest BCUT2D eigenvalue weighted by Crippen LogP contribution is -2.19. The molecule has 0 saturated heterocycles. The molecule has 4 rings (SSSR count). The molecular formula is C18H17N7O2. The Labute approximate surface area is 153 Å². The Hall–Kier alpha value is -3.75. The summed E-state index contributed by atoms with van der Waals surface area (Å²) >= 11 is 0. The van der Waals surface area contributed by atoms with Crippen molar-refractivity contribution in [2.75, 3.05) is 5.32 Å². The molecule has 9 heteroatoms. The average Bonchev–Trinajstić information content (AvgIpc) is 3.18. The highest BCUT2D eigenvalue weighted by atomic mass is 16.2. The monoisotopic (exact) mass is 363 g/mol. The molecule has 3 heterocycles. The molecular weight excluding hydrogens is 346 g/mol. The van der Waals surface area contributed by atoms with Crippen LogP contribution in [0.25, 0.3) is 17.0 Å². The van der Waals surface area contributed by atoms with E-state index in [1.165, 1.54) is 15.6 Å². The zero-order valence-corrected chi connectivity index (χ0v) is 15.0. The van der Waals surface area contributed by atoms with Gasteiger partial charge in [-0.1, -0.05) is 17.7 Å². The number of H-pyrrole nitrogens is 1. The number of carbonyl (C=O) groups excluding carboxylic acids is 1. The molecule has 4 aromatic rings. The predicted octanol–water partition coefficient (Wildman–Crippen LogP) is 1.71. The molecule has 3 aromatic heterocycles. The summed E-state index contributed by atoms with van der Waals surface area (Å²) < 4.78 is 2.91. The molecule has 0 bridgehead atoms. The number of carbonyl (C=O) groups is 1. The van der Waals surface area contributed by atoms with Gasteiger partial charge in [0.25, 0.3) is 11.5 Å². The van der Waals surface area contributed by atoms with Gasteiger partial charge in [0.15, 0.2) is 5.65 Å². The first kappa shape index (κ1) is 16.7. The third-order valence-corrected chi connectivity index (χ3v) is 4.14. The minimum absolute atomic E-state index is 0.198. The van der Waals surface area contributed by atoms with Crippen molar-refractivity contribution in [3.8, 4) is 5.95 Å². The topological polar surface area (TPSA) is 110 Å². The van der Waals surface area contributed by atoms with Crippen molar-refractivity contribution >= 4 is 22.8 Å². The van der Waals surface area contributed by atoms with E-state index >= 15 is 0 Å². The molecule has 0 spiro atoms. The summed E-state index contributed by atoms with van der Waals surface area (Å²) in [5, 5.41) is 11.6. The molecule has 27 heavy (non-hydrogen) atoms. The maximum absolute atomic E-state index is 12.6. The Morgan fingerprint density at radius 1 is 1.22 bits per heavy atom. The van der Waals surface area contributed by atoms with Crippen LogP contribution in [0.3, 0.4) is 0 Å². The molecule has 2 N–H and O–H groups in total. The number of aromatic nitrogens is 6. The quantitative estimate of drug-likeness (QED) is 0.576. The van der Waals surface area contributed by atoms with E-state index in [4.69, 9.17) is 0 Å². The highest BCUT2D eigenvalue weighted by Gasteiger charge is 2.16. The number of anilines is 1. The highest BCUT2D eigenvalue weighted by Crippen LogP contribution is 2.17. The van der Waals surface area contributed by atoms with E-state index in [2.05, 4.69) is 25.5 Å². The van der Waals surface area contributed by atoms with Crippen LogP contribution in [-0.2, 0) is 7.05 Å². The van der Waals surface area contributed by atoms with Crippen molar-refractivity contribution in [3.05, 3.63) is 63.7 Å². The Bertz CT molecular complexity index is 1230. The summed E-state index contributed by atoms with van der Waals surface area (Å²) in [7, 11) is 1.70. The van der Waals surface area contributed by atoms with E-state index in [0.29, 0.717) is 28.1 Å². The molecule has 9 nitrogen and oxygen atoms in total. The maximum atomic E-state index is 12.6. The third kappa shape index (κ3) is 2.99. The average molecular weight is 363 g/mol. The van der Waals surface area contributed by atoms with E-state index in [0.717, 1.165) is 5.56 Å². The van der Waals surface area contributed by atoms with E-state index in [-0.39, 0.29) is 17.4 Å². The highest BCUT2D eigenvalue weighted by molar-refractivity contribution is 6.04. The molecule has 1 amide bonds. The summed E-state index contributed by atoms with van der Waals surface area (Å²) in [6, 6.07) is 8.98. The standard InChI is InChI=1S/C18H17N7O2/c1-10-5-4-6-12(7-10)16(26)20-14-8-11(2)23-25(14)18-21-15-13(17(27)22-18)9-19-24(15)3/h4-9H,1-3H3,(H,20,26)(H,21,22,27). The largest absolute Gasteiger partial charge is 0.306 e. The minimum Gasteiger partial charge on any atom is -0.306 e. The fourth-order valence-corrected chi connectivity index (χ4v) is 2.85. The molecule has 0 fully saturated rings. The molecule has 0 unspecified atom stereocenters. The van der Waals surface area contributed by atoms with Crippen molar-refractivity contribution in [1.82, 2.24) is 29.5 Å². The Morgan fingerprint density at radius 3 is 2.81 bits per heavy atom. The van der Waals surface area contributed by atoms with Gasteiger partial charge in [-0.15, -0.1) is 0 Å². The van der Waals surface area contributed by atoms with Gasteiger partial charge in [-0.25, -0.2) is 0 Å². The van der Waals surface area contributed by atoms with E-state index in [1.807, 2.05) is 19.1 Å². The smallest absolute Gasteiger partial charge is 0.263 e. The van der Waals surface area contributed by atoms with Gasteiger partial charge in [-0.2, -0.15) is 19.9 Å². The first-order valence-electron chi connectivity index (χ1n) is 8.29. The zero-order valence-electron chi connectivity index (χ0n) is 15.0. The lowest BCUT2D eigenvalue weighted by molar-refractivity contribution is 0.102. The van der Waals surface area contributed by atoms with Gasteiger partial charge < -0.3 is 5.32 Å². The second-order valence-electron chi connectivity index (χ2n) is 6.30. The summed E-state index contributed by atoms with van der Waals surface area (Å²) in [6.07, 6.45) is 1.46. The molecule has 0 atom stereocenters. The number of aromatic amines is 1. The Balaban J connectivity index is 1.76. The summed E-state index contributed by atoms with van der Waals surface area (Å²) in [4.78, 5) is 32.0. The Morgan fingerprint density at radius 2 is 2.04 bits per heavy atom. The summed E-state index contributed by atoms with van der Waals surface area (Å²) in [5.41, 5.74) is 2.29. The van der Waals surface area contributed by atoms with E-state index < -0.39 is 0 Å². The zero-order chi connectivity index (χ0) is 19.1. The fraction of sp³-hybridized carbons (Fsp3) is 0.167. The number of nitrogens with one attached hydrogen (secondary N) is 2. The lowest BCUT2D eigenvalue weighted by atomic mass is 10.1. The fourth-order valence-electron chi connectivity index (χ4n) is 2.85. The van der Waals surface area contributed by atoms with Crippen LogP contribution in [0.5, 0.6) is 0 Å². The van der Waals surface area contributed by atoms with Gasteiger partial charge in [-0.05, 0) is 26.0 Å². The second-order valence-corrected chi connectivity index (χ2v) is 6.30. The number of hydrogen-bond donors (Lipinski definition) is 2. The van der Waals surface area contributed by atoms with Crippen molar-refractivity contribution in [2.24, 2.45) is 7.05 Å². The van der Waals surface area contributed by atoms with Gasteiger partial charge in [0, 0.05) is 18.7 Å². The predicted molar refractivity (Wildman–Crippen MR) is 100 cm³/mol. The Kier molecular flexibility index (Phi) is 3.84. The summed E-state index contributed by atoms with van der Waals surface area (Å²) in [6.45, 7) is 3.71. The van der Waals surface area contributed by atoms with Crippen molar-refractivity contribution in [3.63, 3.8) is 0 Å². The van der Waals surface area contributed by atoms with Crippen LogP contribution in [-0.4, -0.2) is 35.4 Å². The molecule has 0 radical (unpaired) electrons. The number of amides is 1. The van der Waals surface area contributed by atoms with Gasteiger partial charge in [0.1, 0.15) is 11.2 Å². The number of nitrogens with zero attached hydrogens (tertiary/aromatic N) is 5. The molecule has 0 aliphatic rings. The van der Waals surface area contributed by atoms with Crippen LogP contribution in [0.2, 0.25) is 0 Å². The third-order valence-electron chi connectivity index (χ3n) is 4.14. The normalized spacial score (nSPS) is 11.1. The summed E-state index contributed by atoms with van der Waals surface area (Å²) in [5.74, 6) is 0.330. The van der Waals surface area contributed by atoms with Gasteiger partial charge in [0.05, 0.1) is 11.9 Å². The van der Waals surface area contributed by atoms with Gasteiger partial charge in [-0.3, -0.25) is 19.3 Å². The second kappa shape index (κ2) is 6.20. The number of fused-ring (bicyclic) bond motifs is 1. The first-order chi connectivity index (χ1) is 12.9. The van der Waals surface area contributed by atoms with Crippen molar-refractivity contribution in [2.45, 2.75) is 13.8 Å². The van der Waals surface area contributed by atoms with Crippen LogP contribution in [0, 0.1) is 13.8 Å². The number of rotatable bonds is 3. The maximum Gasteiger partial charge on any atom is 0.263 e. The van der Waals surface area contributed by atoms with Crippen LogP contribution < -0.4 is 10.9 Å². The van der Waals surface area contributed by atoms with E-state index in [9.17, 15) is 9.59 Å². The SMILES string of the molecule is Cc1cccc(C(=O)Nc2cc(C)nn2-c2nc3c(cnn3C)c(=O)[nH]2)c1. The molecule has 136 valence electrons. The van der Waals surface area contributed by atoms with Gasteiger partial charge in [0.2, 0.25) is 5.95 Å².